The van der Waals surface area contributed by atoms with Crippen LogP contribution in [0.2, 0.25) is 0 Å². The minimum absolute atomic E-state index is 0.752. The van der Waals surface area contributed by atoms with Crippen molar-refractivity contribution in [3.05, 3.63) is 0 Å². The van der Waals surface area contributed by atoms with E-state index in [1.54, 1.807) is 0 Å². The summed E-state index contributed by atoms with van der Waals surface area (Å²) in [5.74, 6) is 0. The molecule has 1 aliphatic carbocycles. The summed E-state index contributed by atoms with van der Waals surface area (Å²) in [6, 6.07) is 0.827. The van der Waals surface area contributed by atoms with Crippen LogP contribution in [0.4, 0.5) is 0 Å². The lowest BCUT2D eigenvalue weighted by atomic mass is 9.61. The summed E-state index contributed by atoms with van der Waals surface area (Å²) in [5.41, 5.74) is 0.752. The molecule has 1 heterocycles. The highest BCUT2D eigenvalue weighted by molar-refractivity contribution is 5.05. The van der Waals surface area contributed by atoms with Crippen molar-refractivity contribution in [3.8, 4) is 0 Å². The van der Waals surface area contributed by atoms with Crippen LogP contribution in [-0.2, 0) is 0 Å². The van der Waals surface area contributed by atoms with E-state index in [4.69, 9.17) is 0 Å². The van der Waals surface area contributed by atoms with E-state index in [0.717, 1.165) is 11.5 Å². The Bertz CT molecular complexity index is 130. The Morgan fingerprint density at radius 2 is 2.00 bits per heavy atom. The highest BCUT2D eigenvalue weighted by Gasteiger charge is 2.50. The molecule has 0 unspecified atom stereocenters. The Kier molecular flexibility index (Phi) is 1.29. The summed E-state index contributed by atoms with van der Waals surface area (Å²) >= 11 is 0. The van der Waals surface area contributed by atoms with Crippen molar-refractivity contribution in [1.82, 2.24) is 10.2 Å². The molecule has 1 spiro atoms. The number of likely N-dealkylation sites (tertiary alicyclic amines) is 1. The van der Waals surface area contributed by atoms with Crippen LogP contribution in [0, 0.1) is 5.41 Å². The zero-order valence-corrected chi connectivity index (χ0v) is 6.85. The van der Waals surface area contributed by atoms with E-state index in [0.29, 0.717) is 0 Å². The molecule has 1 saturated heterocycles. The average molecular weight is 140 g/mol. The molecule has 1 aliphatic heterocycles. The van der Waals surface area contributed by atoms with Gasteiger partial charge < -0.3 is 10.2 Å². The third-order valence-corrected chi connectivity index (χ3v) is 2.98. The van der Waals surface area contributed by atoms with Gasteiger partial charge in [0.2, 0.25) is 0 Å². The van der Waals surface area contributed by atoms with Crippen molar-refractivity contribution in [1.29, 1.82) is 0 Å². The summed E-state index contributed by atoms with van der Waals surface area (Å²) < 4.78 is 0. The van der Waals surface area contributed by atoms with Crippen LogP contribution in [0.3, 0.4) is 0 Å². The number of nitrogens with one attached hydrogen (secondary N) is 1. The van der Waals surface area contributed by atoms with Crippen LogP contribution < -0.4 is 5.32 Å². The van der Waals surface area contributed by atoms with Crippen LogP contribution >= 0.6 is 0 Å². The largest absolute Gasteiger partial charge is 0.317 e. The summed E-state index contributed by atoms with van der Waals surface area (Å²) in [4.78, 5) is 2.41. The molecule has 10 heavy (non-hydrogen) atoms. The molecule has 2 rings (SSSR count). The topological polar surface area (TPSA) is 15.3 Å². The van der Waals surface area contributed by atoms with E-state index in [1.165, 1.54) is 25.9 Å². The molecule has 1 saturated carbocycles. The van der Waals surface area contributed by atoms with Crippen molar-refractivity contribution < 1.29 is 0 Å². The maximum absolute atomic E-state index is 3.32. The lowest BCUT2D eigenvalue weighted by molar-refractivity contribution is -0.0631. The Morgan fingerprint density at radius 1 is 1.40 bits per heavy atom. The molecular weight excluding hydrogens is 124 g/mol. The molecule has 58 valence electrons. The van der Waals surface area contributed by atoms with Gasteiger partial charge in [0.1, 0.15) is 0 Å². The van der Waals surface area contributed by atoms with E-state index in [9.17, 15) is 0 Å². The molecule has 0 bridgehead atoms. The fraction of sp³-hybridized carbons (Fsp3) is 1.00. The Labute approximate surface area is 62.6 Å². The predicted octanol–water partition coefficient (Wildman–Crippen LogP) is 0.300. The van der Waals surface area contributed by atoms with Crippen LogP contribution in [0.1, 0.15) is 12.8 Å². The molecule has 0 radical (unpaired) electrons. The average Bonchev–Trinajstić information content (AvgIpc) is 1.74. The van der Waals surface area contributed by atoms with Crippen LogP contribution in [0.5, 0.6) is 0 Å². The first kappa shape index (κ1) is 6.62. The lowest BCUT2D eigenvalue weighted by Gasteiger charge is -2.58. The quantitative estimate of drug-likeness (QED) is 0.563. The maximum Gasteiger partial charge on any atom is 0.00765 e. The van der Waals surface area contributed by atoms with Gasteiger partial charge >= 0.3 is 0 Å². The van der Waals surface area contributed by atoms with Gasteiger partial charge in [0.25, 0.3) is 0 Å². The van der Waals surface area contributed by atoms with Gasteiger partial charge in [0, 0.05) is 19.1 Å². The molecular formula is C8H16N2. The highest BCUT2D eigenvalue weighted by atomic mass is 15.2. The van der Waals surface area contributed by atoms with E-state index in [1.807, 2.05) is 0 Å². The van der Waals surface area contributed by atoms with Gasteiger partial charge in [-0.15, -0.1) is 0 Å². The zero-order valence-electron chi connectivity index (χ0n) is 6.85. The van der Waals surface area contributed by atoms with E-state index in [2.05, 4.69) is 24.3 Å². The Hall–Kier alpha value is -0.0800. The standard InChI is InChI=1S/C8H16N2/c1-9-7-3-8(4-7)5-10(2)6-8/h7,9H,3-6H2,1-2H3. The van der Waals surface area contributed by atoms with Crippen LogP contribution in [0.15, 0.2) is 0 Å². The smallest absolute Gasteiger partial charge is 0.00765 e. The van der Waals surface area contributed by atoms with E-state index in [-0.39, 0.29) is 0 Å². The molecule has 0 aromatic carbocycles. The van der Waals surface area contributed by atoms with Crippen LogP contribution in [-0.4, -0.2) is 38.1 Å². The molecule has 0 amide bonds. The maximum atomic E-state index is 3.32. The van der Waals surface area contributed by atoms with Gasteiger partial charge in [-0.2, -0.15) is 0 Å². The first-order valence-corrected chi connectivity index (χ1v) is 4.10. The van der Waals surface area contributed by atoms with Gasteiger partial charge in [0.15, 0.2) is 0 Å². The SMILES string of the molecule is CNC1CC2(C1)CN(C)C2. The second kappa shape index (κ2) is 1.95. The molecule has 0 atom stereocenters. The third-order valence-electron chi connectivity index (χ3n) is 2.98. The molecule has 2 aliphatic rings. The first-order valence-electron chi connectivity index (χ1n) is 4.10. The summed E-state index contributed by atoms with van der Waals surface area (Å²) in [5, 5.41) is 3.32. The molecule has 2 fully saturated rings. The highest BCUT2D eigenvalue weighted by Crippen LogP contribution is 2.47. The summed E-state index contributed by atoms with van der Waals surface area (Å²) in [7, 11) is 4.28. The number of nitrogens with zero attached hydrogens (tertiary/aromatic N) is 1. The van der Waals surface area contributed by atoms with Gasteiger partial charge in [-0.3, -0.25) is 0 Å². The number of rotatable bonds is 1. The number of hydrogen-bond acceptors (Lipinski definition) is 2. The van der Waals surface area contributed by atoms with Crippen molar-refractivity contribution in [2.75, 3.05) is 27.2 Å². The van der Waals surface area contributed by atoms with Crippen molar-refractivity contribution >= 4 is 0 Å². The third kappa shape index (κ3) is 0.789. The Morgan fingerprint density at radius 3 is 2.40 bits per heavy atom. The minimum atomic E-state index is 0.752. The molecule has 0 aromatic heterocycles. The second-order valence-corrected chi connectivity index (χ2v) is 4.07. The molecule has 2 nitrogen and oxygen atoms in total. The minimum Gasteiger partial charge on any atom is -0.317 e. The number of hydrogen-bond donors (Lipinski definition) is 1. The zero-order chi connectivity index (χ0) is 7.19. The Balaban J connectivity index is 1.80. The van der Waals surface area contributed by atoms with Gasteiger partial charge in [-0.1, -0.05) is 0 Å². The van der Waals surface area contributed by atoms with E-state index >= 15 is 0 Å². The lowest BCUT2D eigenvalue weighted by Crippen LogP contribution is -2.64. The van der Waals surface area contributed by atoms with E-state index < -0.39 is 0 Å². The monoisotopic (exact) mass is 140 g/mol. The van der Waals surface area contributed by atoms with Crippen molar-refractivity contribution in [2.24, 2.45) is 5.41 Å². The molecule has 0 aromatic rings. The normalized spacial score (nSPS) is 31.8. The van der Waals surface area contributed by atoms with Gasteiger partial charge in [0.05, 0.1) is 0 Å². The molecule has 2 heteroatoms. The fourth-order valence-electron chi connectivity index (χ4n) is 2.55. The van der Waals surface area contributed by atoms with Crippen molar-refractivity contribution in [2.45, 2.75) is 18.9 Å². The van der Waals surface area contributed by atoms with Crippen LogP contribution in [0.25, 0.3) is 0 Å². The van der Waals surface area contributed by atoms with Gasteiger partial charge in [-0.25, -0.2) is 0 Å². The second-order valence-electron chi connectivity index (χ2n) is 4.07. The first-order chi connectivity index (χ1) is 4.74. The summed E-state index contributed by atoms with van der Waals surface area (Å²) in [6.45, 7) is 2.68. The fourth-order valence-corrected chi connectivity index (χ4v) is 2.55. The molecule has 1 N–H and O–H groups in total. The van der Waals surface area contributed by atoms with Gasteiger partial charge in [-0.05, 0) is 32.4 Å². The summed E-state index contributed by atoms with van der Waals surface area (Å²) in [6.07, 6.45) is 2.82. The predicted molar refractivity (Wildman–Crippen MR) is 42.0 cm³/mol. The van der Waals surface area contributed by atoms with Crippen molar-refractivity contribution in [3.63, 3.8) is 0 Å².